The van der Waals surface area contributed by atoms with Crippen molar-refractivity contribution < 1.29 is 42.9 Å². The molecule has 0 aliphatic carbocycles. The van der Waals surface area contributed by atoms with E-state index in [1.165, 1.54) is 257 Å². The molecule has 0 aliphatic rings. The maximum absolute atomic E-state index is 13.0. The quantitative estimate of drug-likeness (QED) is 0.0195. The first kappa shape index (κ1) is 85.7. The van der Waals surface area contributed by atoms with Crippen LogP contribution in [0.3, 0.4) is 0 Å². The third-order valence-corrected chi connectivity index (χ3v) is 17.0. The largest absolute Gasteiger partial charge is 0.545 e. The number of carboxylic acids is 1. The van der Waals surface area contributed by atoms with E-state index in [1.54, 1.807) is 0 Å². The number of hydrogen-bond donors (Lipinski definition) is 0. The summed E-state index contributed by atoms with van der Waals surface area (Å²) in [5, 5.41) is 11.8. The number of ether oxygens (including phenoxy) is 4. The first-order valence-corrected chi connectivity index (χ1v) is 38.1. The predicted octanol–water partition coefficient (Wildman–Crippen LogP) is 22.7. The average Bonchev–Trinajstić information content (AvgIpc) is 3.64. The molecule has 89 heavy (non-hydrogen) atoms. The van der Waals surface area contributed by atoms with Gasteiger partial charge in [0.2, 0.25) is 0 Å². The Hall–Kier alpha value is -3.27. The Labute approximate surface area is 551 Å². The van der Waals surface area contributed by atoms with Crippen molar-refractivity contribution in [3.8, 4) is 0 Å². The third kappa shape index (κ3) is 72.0. The Morgan fingerprint density at radius 2 is 0.640 bits per heavy atom. The molecule has 0 spiro atoms. The van der Waals surface area contributed by atoms with Gasteiger partial charge in [-0.25, -0.2) is 0 Å². The standard InChI is InChI=1S/C80H145NO8/c1-6-8-10-12-14-16-18-20-22-24-26-28-30-31-32-33-34-35-36-37-38-39-40-41-42-43-44-45-46-47-49-51-53-55-57-59-61-63-65-67-69-71-78(83)89-76(75-88-80(79(84)85)86-73-72-81(3,4)5)74-87-77(82)70-68-66-64-62-60-58-56-54-52-50-48-29-27-25-23-21-19-17-15-13-11-9-7-2/h8,10,14,16,20,22,26,28,31-32,34-35,76,80H,6-7,9,11-13,15,17-19,21,23-25,27,29-30,33,36-75H2,1-5H3/b10-8-,16-14-,22-20-,28-26-,32-31-,35-34-. The minimum atomic E-state index is -1.62. The van der Waals surface area contributed by atoms with Gasteiger partial charge in [-0.15, -0.1) is 0 Å². The van der Waals surface area contributed by atoms with Crippen LogP contribution in [0.4, 0.5) is 0 Å². The van der Waals surface area contributed by atoms with Crippen LogP contribution in [0.5, 0.6) is 0 Å². The van der Waals surface area contributed by atoms with E-state index in [0.29, 0.717) is 17.4 Å². The zero-order valence-corrected chi connectivity index (χ0v) is 59.3. The number of nitrogens with zero attached hydrogens (tertiary/aromatic N) is 1. The van der Waals surface area contributed by atoms with Crippen LogP contribution in [0, 0.1) is 0 Å². The topological polar surface area (TPSA) is 111 Å². The fourth-order valence-corrected chi connectivity index (χ4v) is 11.2. The van der Waals surface area contributed by atoms with E-state index >= 15 is 0 Å². The summed E-state index contributed by atoms with van der Waals surface area (Å²) in [6.45, 7) is 4.70. The molecule has 0 fully saturated rings. The monoisotopic (exact) mass is 1250 g/mol. The number of quaternary nitrogens is 1. The molecule has 9 heteroatoms. The summed E-state index contributed by atoms with van der Waals surface area (Å²) in [5.41, 5.74) is 0. The summed E-state index contributed by atoms with van der Waals surface area (Å²) in [6.07, 6.45) is 91.6. The van der Waals surface area contributed by atoms with Gasteiger partial charge in [-0.3, -0.25) is 9.59 Å². The minimum Gasteiger partial charge on any atom is -0.545 e. The molecule has 0 amide bonds. The van der Waals surface area contributed by atoms with Crippen LogP contribution in [-0.4, -0.2) is 82.3 Å². The van der Waals surface area contributed by atoms with Gasteiger partial charge in [-0.05, 0) is 64.2 Å². The van der Waals surface area contributed by atoms with Crippen molar-refractivity contribution in [1.29, 1.82) is 0 Å². The van der Waals surface area contributed by atoms with Gasteiger partial charge in [0.05, 0.1) is 40.3 Å². The molecule has 9 nitrogen and oxygen atoms in total. The number of carbonyl (C=O) groups is 3. The highest BCUT2D eigenvalue weighted by Gasteiger charge is 2.22. The van der Waals surface area contributed by atoms with Gasteiger partial charge in [-0.1, -0.05) is 356 Å². The SMILES string of the molecule is CC/C=C\C/C=C\C/C=C\C/C=C\C/C=C\C/C=C\CCCCCCCCCCCCCCCCCCCCCCCCC(=O)OC(COC(=O)CCCCCCCCCCCCCCCCCCCCCCCCC)COC(OCC[N+](C)(C)C)C(=O)[O-]. The van der Waals surface area contributed by atoms with Gasteiger partial charge in [0.15, 0.2) is 12.4 Å². The lowest BCUT2D eigenvalue weighted by Crippen LogP contribution is -2.44. The van der Waals surface area contributed by atoms with Crippen LogP contribution < -0.4 is 5.11 Å². The van der Waals surface area contributed by atoms with E-state index in [2.05, 4.69) is 86.8 Å². The van der Waals surface area contributed by atoms with Crippen molar-refractivity contribution >= 4 is 17.9 Å². The van der Waals surface area contributed by atoms with Crippen molar-refractivity contribution in [1.82, 2.24) is 0 Å². The number of carbonyl (C=O) groups excluding carboxylic acids is 3. The number of carboxylic acid groups (broad SMARTS) is 1. The Kier molecular flexibility index (Phi) is 68.0. The van der Waals surface area contributed by atoms with E-state index in [9.17, 15) is 19.5 Å². The van der Waals surface area contributed by atoms with Gasteiger partial charge in [-0.2, -0.15) is 0 Å². The Bertz CT molecular complexity index is 1690. The molecule has 0 aromatic carbocycles. The van der Waals surface area contributed by atoms with Gasteiger partial charge in [0.25, 0.3) is 0 Å². The lowest BCUT2D eigenvalue weighted by Gasteiger charge is -2.26. The molecule has 0 N–H and O–H groups in total. The van der Waals surface area contributed by atoms with Crippen LogP contribution in [0.25, 0.3) is 0 Å². The van der Waals surface area contributed by atoms with Crippen molar-refractivity contribution in [2.45, 2.75) is 373 Å². The first-order valence-electron chi connectivity index (χ1n) is 38.1. The number of aliphatic carboxylic acids is 1. The summed E-state index contributed by atoms with van der Waals surface area (Å²) in [7, 11) is 5.95. The second-order valence-corrected chi connectivity index (χ2v) is 26.9. The van der Waals surface area contributed by atoms with E-state index in [-0.39, 0.29) is 32.2 Å². The number of rotatable bonds is 71. The molecule has 0 rings (SSSR count). The van der Waals surface area contributed by atoms with E-state index in [4.69, 9.17) is 18.9 Å². The number of esters is 2. The van der Waals surface area contributed by atoms with E-state index < -0.39 is 24.3 Å². The average molecular weight is 1250 g/mol. The third-order valence-electron chi connectivity index (χ3n) is 17.0. The van der Waals surface area contributed by atoms with Gasteiger partial charge >= 0.3 is 11.9 Å². The molecule has 2 atom stereocenters. The predicted molar refractivity (Wildman–Crippen MR) is 380 cm³/mol. The molecule has 0 aromatic heterocycles. The van der Waals surface area contributed by atoms with Crippen LogP contribution in [0.1, 0.15) is 361 Å². The van der Waals surface area contributed by atoms with Crippen LogP contribution in [0.15, 0.2) is 72.9 Å². The van der Waals surface area contributed by atoms with E-state index in [1.807, 2.05) is 21.1 Å². The summed E-state index contributed by atoms with van der Waals surface area (Å²) in [6, 6.07) is 0. The van der Waals surface area contributed by atoms with E-state index in [0.717, 1.165) is 77.0 Å². The molecule has 0 aliphatic heterocycles. The highest BCUT2D eigenvalue weighted by atomic mass is 16.7. The van der Waals surface area contributed by atoms with Crippen molar-refractivity contribution in [3.05, 3.63) is 72.9 Å². The number of likely N-dealkylation sites (N-methyl/N-ethyl adjacent to an activating group) is 1. The molecule has 0 radical (unpaired) electrons. The van der Waals surface area contributed by atoms with Crippen molar-refractivity contribution in [3.63, 3.8) is 0 Å². The normalized spacial score (nSPS) is 13.0. The van der Waals surface area contributed by atoms with Gasteiger partial charge < -0.3 is 33.3 Å². The number of unbranched alkanes of at least 4 members (excludes halogenated alkanes) is 44. The zero-order chi connectivity index (χ0) is 64.7. The second kappa shape index (κ2) is 70.6. The Morgan fingerprint density at radius 3 is 0.955 bits per heavy atom. The summed E-state index contributed by atoms with van der Waals surface area (Å²) in [4.78, 5) is 37.5. The van der Waals surface area contributed by atoms with Crippen LogP contribution >= 0.6 is 0 Å². The van der Waals surface area contributed by atoms with Crippen LogP contribution in [-0.2, 0) is 33.3 Å². The fraction of sp³-hybridized carbons (Fsp3) is 0.812. The molecule has 0 saturated carbocycles. The summed E-state index contributed by atoms with van der Waals surface area (Å²) < 4.78 is 22.8. The van der Waals surface area contributed by atoms with Gasteiger partial charge in [0.1, 0.15) is 13.2 Å². The minimum absolute atomic E-state index is 0.150. The van der Waals surface area contributed by atoms with Crippen molar-refractivity contribution in [2.24, 2.45) is 0 Å². The lowest BCUT2D eigenvalue weighted by atomic mass is 10.0. The zero-order valence-electron chi connectivity index (χ0n) is 59.3. The Balaban J connectivity index is 3.97. The maximum atomic E-state index is 13.0. The number of hydrogen-bond acceptors (Lipinski definition) is 8. The molecular formula is C80H145NO8. The maximum Gasteiger partial charge on any atom is 0.306 e. The molecule has 0 saturated heterocycles. The molecule has 0 aromatic rings. The molecule has 0 bridgehead atoms. The molecular weight excluding hydrogens is 1100 g/mol. The fourth-order valence-electron chi connectivity index (χ4n) is 11.2. The molecule has 2 unspecified atom stereocenters. The summed E-state index contributed by atoms with van der Waals surface area (Å²) >= 11 is 0. The molecule has 0 heterocycles. The van der Waals surface area contributed by atoms with Crippen LogP contribution in [0.2, 0.25) is 0 Å². The molecule has 518 valence electrons. The lowest BCUT2D eigenvalue weighted by molar-refractivity contribution is -0.870. The Morgan fingerprint density at radius 1 is 0.348 bits per heavy atom. The number of allylic oxidation sites excluding steroid dienone is 12. The second-order valence-electron chi connectivity index (χ2n) is 26.9. The highest BCUT2D eigenvalue weighted by molar-refractivity contribution is 5.70. The first-order chi connectivity index (χ1) is 43.6. The highest BCUT2D eigenvalue weighted by Crippen LogP contribution is 2.19. The smallest absolute Gasteiger partial charge is 0.306 e. The van der Waals surface area contributed by atoms with Gasteiger partial charge in [0, 0.05) is 12.8 Å². The van der Waals surface area contributed by atoms with Crippen molar-refractivity contribution in [2.75, 3.05) is 47.5 Å². The summed E-state index contributed by atoms with van der Waals surface area (Å²) in [5.74, 6) is -2.25.